The summed E-state index contributed by atoms with van der Waals surface area (Å²) in [5, 5.41) is 0. The Morgan fingerprint density at radius 2 is 1.77 bits per heavy atom. The molecular weight excluding hydrogens is 389 g/mol. The molecule has 1 aromatic carbocycles. The van der Waals surface area contributed by atoms with Gasteiger partial charge in [-0.15, -0.1) is 0 Å². The first-order chi connectivity index (χ1) is 15.1. The summed E-state index contributed by atoms with van der Waals surface area (Å²) in [5.74, 6) is 2.48. The van der Waals surface area contributed by atoms with Crippen molar-refractivity contribution in [1.82, 2.24) is 0 Å². The molecule has 4 heteroatoms. The van der Waals surface area contributed by atoms with E-state index >= 15 is 0 Å². The minimum absolute atomic E-state index is 0.0963. The van der Waals surface area contributed by atoms with Crippen molar-refractivity contribution in [1.29, 1.82) is 0 Å². The van der Waals surface area contributed by atoms with Gasteiger partial charge in [-0.3, -0.25) is 4.79 Å². The number of nitrogens with one attached hydrogen (secondary N) is 1. The minimum atomic E-state index is -0.222. The number of benzene rings is 1. The second-order valence-corrected chi connectivity index (χ2v) is 8.52. The van der Waals surface area contributed by atoms with Crippen LogP contribution in [0.4, 0.5) is 4.39 Å². The molecule has 166 valence electrons. The van der Waals surface area contributed by atoms with Crippen LogP contribution in [0.1, 0.15) is 58.1 Å². The first-order valence-electron chi connectivity index (χ1n) is 11.7. The molecule has 2 aromatic rings. The van der Waals surface area contributed by atoms with Crippen molar-refractivity contribution in [3.05, 3.63) is 60.7 Å². The number of ether oxygens (including phenoxy) is 1. The lowest BCUT2D eigenvalue weighted by atomic mass is 9.64. The highest BCUT2D eigenvalue weighted by atomic mass is 19.1. The summed E-state index contributed by atoms with van der Waals surface area (Å²) in [6.07, 6.45) is 11.5. The average molecular weight is 425 g/mol. The highest BCUT2D eigenvalue weighted by molar-refractivity contribution is 5.74. The van der Waals surface area contributed by atoms with Gasteiger partial charge in [0.05, 0.1) is 12.5 Å². The van der Waals surface area contributed by atoms with Crippen molar-refractivity contribution in [2.75, 3.05) is 6.61 Å². The van der Waals surface area contributed by atoms with Crippen molar-refractivity contribution in [2.45, 2.75) is 52.4 Å². The zero-order valence-corrected chi connectivity index (χ0v) is 18.8. The van der Waals surface area contributed by atoms with Crippen LogP contribution in [0.5, 0.6) is 0 Å². The van der Waals surface area contributed by atoms with Crippen molar-refractivity contribution < 1.29 is 18.9 Å². The summed E-state index contributed by atoms with van der Waals surface area (Å²) in [6.45, 7) is 8.37. The minimum Gasteiger partial charge on any atom is -0.465 e. The molecule has 2 saturated carbocycles. The first kappa shape index (κ1) is 23.2. The molecule has 4 unspecified atom stereocenters. The Morgan fingerprint density at radius 1 is 1.03 bits per heavy atom. The van der Waals surface area contributed by atoms with E-state index in [1.54, 1.807) is 12.1 Å². The molecule has 3 aliphatic rings. The molecule has 0 amide bonds. The van der Waals surface area contributed by atoms with E-state index < -0.39 is 0 Å². The van der Waals surface area contributed by atoms with E-state index in [2.05, 4.69) is 11.6 Å². The van der Waals surface area contributed by atoms with Gasteiger partial charge in [-0.1, -0.05) is 58.2 Å². The van der Waals surface area contributed by atoms with Gasteiger partial charge >= 0.3 is 5.97 Å². The van der Waals surface area contributed by atoms with Crippen molar-refractivity contribution in [2.24, 2.45) is 23.7 Å². The Hall–Kier alpha value is -2.49. The van der Waals surface area contributed by atoms with E-state index in [0.29, 0.717) is 12.5 Å². The molecule has 5 rings (SSSR count). The Bertz CT molecular complexity index is 864. The molecule has 2 heterocycles. The molecule has 1 aromatic heterocycles. The van der Waals surface area contributed by atoms with Crippen molar-refractivity contribution in [3.63, 3.8) is 0 Å². The van der Waals surface area contributed by atoms with Crippen LogP contribution in [-0.4, -0.2) is 12.6 Å². The number of aromatic amines is 1. The summed E-state index contributed by atoms with van der Waals surface area (Å²) >= 11 is 0. The SMILES string of the molecule is C=Cc1ccc(-c2cccc(F)c2)c[nH+]1.CC.O=C1OCC2CC3CCCCC3CC12. The molecule has 1 saturated heterocycles. The number of carbonyl (C=O) groups is 1. The van der Waals surface area contributed by atoms with Gasteiger partial charge in [0.15, 0.2) is 6.20 Å². The lowest BCUT2D eigenvalue weighted by Gasteiger charge is -2.39. The van der Waals surface area contributed by atoms with Crippen LogP contribution in [0, 0.1) is 29.5 Å². The van der Waals surface area contributed by atoms with Crippen LogP contribution in [0.25, 0.3) is 17.2 Å². The third-order valence-corrected chi connectivity index (χ3v) is 6.75. The quantitative estimate of drug-likeness (QED) is 0.527. The zero-order chi connectivity index (χ0) is 22.2. The molecule has 31 heavy (non-hydrogen) atoms. The third kappa shape index (κ3) is 5.81. The summed E-state index contributed by atoms with van der Waals surface area (Å²) in [5.41, 5.74) is 2.76. The molecule has 2 aliphatic carbocycles. The fourth-order valence-electron chi connectivity index (χ4n) is 5.16. The Morgan fingerprint density at radius 3 is 2.42 bits per heavy atom. The maximum Gasteiger partial charge on any atom is 0.309 e. The summed E-state index contributed by atoms with van der Waals surface area (Å²) in [6, 6.07) is 10.4. The zero-order valence-electron chi connectivity index (χ0n) is 18.8. The molecule has 0 bridgehead atoms. The highest BCUT2D eigenvalue weighted by Gasteiger charge is 2.45. The number of H-pyrrole nitrogens is 1. The van der Waals surface area contributed by atoms with Gasteiger partial charge in [0.25, 0.3) is 0 Å². The number of halogens is 1. The molecule has 4 atom stereocenters. The molecular formula is C27H35FNO2+. The van der Waals surface area contributed by atoms with Crippen LogP contribution < -0.4 is 4.98 Å². The summed E-state index contributed by atoms with van der Waals surface area (Å²) < 4.78 is 18.1. The summed E-state index contributed by atoms with van der Waals surface area (Å²) in [7, 11) is 0. The second-order valence-electron chi connectivity index (χ2n) is 8.52. The topological polar surface area (TPSA) is 40.4 Å². The predicted molar refractivity (Wildman–Crippen MR) is 122 cm³/mol. The van der Waals surface area contributed by atoms with Crippen molar-refractivity contribution >= 4 is 12.0 Å². The van der Waals surface area contributed by atoms with E-state index in [4.69, 9.17) is 4.74 Å². The number of pyridine rings is 1. The van der Waals surface area contributed by atoms with Crippen LogP contribution >= 0.6 is 0 Å². The molecule has 1 N–H and O–H groups in total. The van der Waals surface area contributed by atoms with Gasteiger partial charge in [0.2, 0.25) is 5.69 Å². The van der Waals surface area contributed by atoms with Crippen molar-refractivity contribution in [3.8, 4) is 11.1 Å². The largest absolute Gasteiger partial charge is 0.465 e. The normalized spacial score (nSPS) is 26.1. The van der Waals surface area contributed by atoms with Gasteiger partial charge < -0.3 is 4.74 Å². The maximum absolute atomic E-state index is 13.0. The average Bonchev–Trinajstić information content (AvgIpc) is 3.19. The monoisotopic (exact) mass is 424 g/mol. The number of cyclic esters (lactones) is 1. The third-order valence-electron chi connectivity index (χ3n) is 6.75. The number of esters is 1. The van der Waals surface area contributed by atoms with Crippen LogP contribution in [0.15, 0.2) is 49.2 Å². The standard InChI is InChI=1S/C13H10FN.C12H18O2.C2H6/c1-2-13-7-6-11(9-15-13)10-4-3-5-12(14)8-10;13-12-11-6-9-4-2-1-3-8(9)5-10(11)7-14-12;1-2/h2-9H,1H2;8-11H,1-7H2;1-2H3/p+1. The van der Waals surface area contributed by atoms with Gasteiger partial charge in [-0.2, -0.15) is 0 Å². The Balaban J connectivity index is 0.000000163. The number of fused-ring (bicyclic) bond motifs is 2. The maximum atomic E-state index is 13.0. The van der Waals surface area contributed by atoms with Crippen LogP contribution in [-0.2, 0) is 9.53 Å². The fraction of sp³-hybridized carbons (Fsp3) is 0.481. The van der Waals surface area contributed by atoms with E-state index in [1.807, 2.05) is 38.2 Å². The lowest BCUT2D eigenvalue weighted by molar-refractivity contribution is -0.380. The number of aromatic nitrogens is 1. The molecule has 3 fully saturated rings. The van der Waals surface area contributed by atoms with Crippen LogP contribution in [0.2, 0.25) is 0 Å². The number of hydrogen-bond donors (Lipinski definition) is 0. The van der Waals surface area contributed by atoms with E-state index in [-0.39, 0.29) is 17.7 Å². The summed E-state index contributed by atoms with van der Waals surface area (Å²) in [4.78, 5) is 14.5. The Kier molecular flexibility index (Phi) is 8.39. The molecule has 0 spiro atoms. The molecule has 1 aliphatic heterocycles. The van der Waals surface area contributed by atoms with Gasteiger partial charge in [0.1, 0.15) is 5.82 Å². The van der Waals surface area contributed by atoms with E-state index in [0.717, 1.165) is 35.1 Å². The van der Waals surface area contributed by atoms with Crippen LogP contribution in [0.3, 0.4) is 0 Å². The van der Waals surface area contributed by atoms with E-state index in [9.17, 15) is 9.18 Å². The fourth-order valence-corrected chi connectivity index (χ4v) is 5.16. The number of rotatable bonds is 2. The highest BCUT2D eigenvalue weighted by Crippen LogP contribution is 2.47. The predicted octanol–water partition coefficient (Wildman–Crippen LogP) is 6.35. The smallest absolute Gasteiger partial charge is 0.309 e. The number of carbonyl (C=O) groups excluding carboxylic acids is 1. The number of hydrogen-bond acceptors (Lipinski definition) is 2. The molecule has 3 nitrogen and oxygen atoms in total. The first-order valence-corrected chi connectivity index (χ1v) is 11.7. The van der Waals surface area contributed by atoms with E-state index in [1.165, 1.54) is 44.2 Å². The molecule has 0 radical (unpaired) electrons. The Labute approximate surface area is 185 Å². The van der Waals surface area contributed by atoms with Gasteiger partial charge in [-0.25, -0.2) is 9.37 Å². The van der Waals surface area contributed by atoms with Gasteiger partial charge in [-0.05, 0) is 48.4 Å². The lowest BCUT2D eigenvalue weighted by Crippen LogP contribution is -2.34. The van der Waals surface area contributed by atoms with Gasteiger partial charge in [0, 0.05) is 23.6 Å². The second kappa shape index (κ2) is 11.2.